The molecule has 3 unspecified atom stereocenters. The van der Waals surface area contributed by atoms with Crippen molar-refractivity contribution >= 4 is 12.4 Å². The molecule has 0 spiro atoms. The van der Waals surface area contributed by atoms with Gasteiger partial charge in [0.05, 0.1) is 6.61 Å². The molecule has 106 valence electrons. The number of halogens is 1. The highest BCUT2D eigenvalue weighted by atomic mass is 35.5. The Kier molecular flexibility index (Phi) is 10.6. The van der Waals surface area contributed by atoms with Gasteiger partial charge in [-0.05, 0) is 30.1 Å². The van der Waals surface area contributed by atoms with Crippen LogP contribution in [0.15, 0.2) is 0 Å². The molecule has 3 heteroatoms. The number of hydrogen-bond acceptors (Lipinski definition) is 2. The van der Waals surface area contributed by atoms with E-state index in [2.05, 4.69) is 34.6 Å². The van der Waals surface area contributed by atoms with Crippen LogP contribution in [0.25, 0.3) is 0 Å². The molecule has 0 aromatic rings. The Hall–Kier alpha value is 0.210. The SMILES string of the molecule is CC(CCC(C)CC(C)(C)C)CC(N)CO.Cl. The van der Waals surface area contributed by atoms with Crippen LogP contribution in [-0.4, -0.2) is 17.8 Å². The van der Waals surface area contributed by atoms with E-state index < -0.39 is 0 Å². The molecule has 0 saturated carbocycles. The molecule has 0 aromatic heterocycles. The van der Waals surface area contributed by atoms with Crippen molar-refractivity contribution < 1.29 is 5.11 Å². The predicted octanol–water partition coefficient (Wildman–Crippen LogP) is 3.61. The van der Waals surface area contributed by atoms with Crippen molar-refractivity contribution in [2.75, 3.05) is 6.61 Å². The van der Waals surface area contributed by atoms with Gasteiger partial charge < -0.3 is 10.8 Å². The van der Waals surface area contributed by atoms with Crippen molar-refractivity contribution in [2.24, 2.45) is 23.0 Å². The Morgan fingerprint density at radius 1 is 1.06 bits per heavy atom. The normalized spacial score (nSPS) is 17.1. The van der Waals surface area contributed by atoms with Gasteiger partial charge in [0.25, 0.3) is 0 Å². The van der Waals surface area contributed by atoms with Crippen LogP contribution in [-0.2, 0) is 0 Å². The van der Waals surface area contributed by atoms with Gasteiger partial charge in [-0.25, -0.2) is 0 Å². The fraction of sp³-hybridized carbons (Fsp3) is 1.00. The Morgan fingerprint density at radius 2 is 1.53 bits per heavy atom. The minimum Gasteiger partial charge on any atom is -0.395 e. The standard InChI is InChI=1S/C14H31NO.ClH/c1-11(8-13(15)10-16)6-7-12(2)9-14(3,4)5;/h11-13,16H,6-10,15H2,1-5H3;1H. The van der Waals surface area contributed by atoms with Crippen LogP contribution in [0.5, 0.6) is 0 Å². The van der Waals surface area contributed by atoms with Gasteiger partial charge in [0.15, 0.2) is 0 Å². The van der Waals surface area contributed by atoms with E-state index in [1.165, 1.54) is 19.3 Å². The summed E-state index contributed by atoms with van der Waals surface area (Å²) in [4.78, 5) is 0. The van der Waals surface area contributed by atoms with Crippen LogP contribution in [0.1, 0.15) is 60.3 Å². The zero-order valence-corrected chi connectivity index (χ0v) is 13.0. The summed E-state index contributed by atoms with van der Waals surface area (Å²) in [5.41, 5.74) is 6.17. The molecule has 17 heavy (non-hydrogen) atoms. The fourth-order valence-corrected chi connectivity index (χ4v) is 2.43. The van der Waals surface area contributed by atoms with Gasteiger partial charge >= 0.3 is 0 Å². The first-order valence-corrected chi connectivity index (χ1v) is 6.61. The van der Waals surface area contributed by atoms with Crippen LogP contribution in [0.2, 0.25) is 0 Å². The summed E-state index contributed by atoms with van der Waals surface area (Å²) in [6.45, 7) is 11.6. The van der Waals surface area contributed by atoms with Gasteiger partial charge in [-0.1, -0.05) is 47.5 Å². The molecular formula is C14H32ClNO. The number of aliphatic hydroxyl groups excluding tert-OH is 1. The largest absolute Gasteiger partial charge is 0.395 e. The van der Waals surface area contributed by atoms with E-state index in [4.69, 9.17) is 10.8 Å². The summed E-state index contributed by atoms with van der Waals surface area (Å²) in [5, 5.41) is 8.89. The molecule has 3 N–H and O–H groups in total. The Morgan fingerprint density at radius 3 is 1.94 bits per heavy atom. The van der Waals surface area contributed by atoms with E-state index in [-0.39, 0.29) is 25.1 Å². The summed E-state index contributed by atoms with van der Waals surface area (Å²) in [5.74, 6) is 1.41. The lowest BCUT2D eigenvalue weighted by Crippen LogP contribution is -2.26. The monoisotopic (exact) mass is 265 g/mol. The third-order valence-electron chi connectivity index (χ3n) is 3.05. The quantitative estimate of drug-likeness (QED) is 0.739. The highest BCUT2D eigenvalue weighted by Crippen LogP contribution is 2.28. The molecule has 0 rings (SSSR count). The van der Waals surface area contributed by atoms with E-state index >= 15 is 0 Å². The number of hydrogen-bond donors (Lipinski definition) is 2. The molecule has 0 aliphatic heterocycles. The third kappa shape index (κ3) is 12.5. The van der Waals surface area contributed by atoms with Gasteiger partial charge in [-0.2, -0.15) is 0 Å². The maximum atomic E-state index is 8.89. The highest BCUT2D eigenvalue weighted by Gasteiger charge is 2.16. The van der Waals surface area contributed by atoms with Gasteiger partial charge in [-0.3, -0.25) is 0 Å². The lowest BCUT2D eigenvalue weighted by molar-refractivity contribution is 0.237. The smallest absolute Gasteiger partial charge is 0.0582 e. The van der Waals surface area contributed by atoms with Crippen LogP contribution >= 0.6 is 12.4 Å². The molecule has 0 aromatic carbocycles. The molecule has 0 amide bonds. The minimum absolute atomic E-state index is 0. The van der Waals surface area contributed by atoms with Crippen molar-refractivity contribution in [3.63, 3.8) is 0 Å². The number of nitrogens with two attached hydrogens (primary N) is 1. The predicted molar refractivity (Wildman–Crippen MR) is 78.6 cm³/mol. The molecule has 0 fully saturated rings. The Balaban J connectivity index is 0. The van der Waals surface area contributed by atoms with Gasteiger partial charge in [0.1, 0.15) is 0 Å². The molecule has 3 atom stereocenters. The second kappa shape index (κ2) is 9.18. The van der Waals surface area contributed by atoms with E-state index in [1.54, 1.807) is 0 Å². The van der Waals surface area contributed by atoms with E-state index in [0.717, 1.165) is 12.3 Å². The summed E-state index contributed by atoms with van der Waals surface area (Å²) >= 11 is 0. The number of aliphatic hydroxyl groups is 1. The molecule has 0 aliphatic carbocycles. The van der Waals surface area contributed by atoms with Crippen LogP contribution < -0.4 is 5.73 Å². The second-order valence-corrected chi connectivity index (χ2v) is 6.73. The summed E-state index contributed by atoms with van der Waals surface area (Å²) < 4.78 is 0. The third-order valence-corrected chi connectivity index (χ3v) is 3.05. The molecule has 0 heterocycles. The van der Waals surface area contributed by atoms with Crippen molar-refractivity contribution in [1.29, 1.82) is 0 Å². The van der Waals surface area contributed by atoms with Gasteiger partial charge in [-0.15, -0.1) is 12.4 Å². The lowest BCUT2D eigenvalue weighted by atomic mass is 9.82. The lowest BCUT2D eigenvalue weighted by Gasteiger charge is -2.24. The topological polar surface area (TPSA) is 46.2 Å². The maximum absolute atomic E-state index is 8.89. The summed E-state index contributed by atoms with van der Waals surface area (Å²) in [7, 11) is 0. The van der Waals surface area contributed by atoms with E-state index in [1.807, 2.05) is 0 Å². The van der Waals surface area contributed by atoms with Crippen molar-refractivity contribution in [3.05, 3.63) is 0 Å². The average Bonchev–Trinajstić information content (AvgIpc) is 2.12. The minimum atomic E-state index is -0.0343. The van der Waals surface area contributed by atoms with Crippen LogP contribution in [0.3, 0.4) is 0 Å². The zero-order valence-electron chi connectivity index (χ0n) is 12.2. The molecule has 2 nitrogen and oxygen atoms in total. The zero-order chi connectivity index (χ0) is 12.8. The first-order chi connectivity index (χ1) is 7.24. The fourth-order valence-electron chi connectivity index (χ4n) is 2.43. The molecular weight excluding hydrogens is 234 g/mol. The van der Waals surface area contributed by atoms with Crippen LogP contribution in [0, 0.1) is 17.3 Å². The second-order valence-electron chi connectivity index (χ2n) is 6.73. The van der Waals surface area contributed by atoms with Crippen LogP contribution in [0.4, 0.5) is 0 Å². The van der Waals surface area contributed by atoms with Crippen molar-refractivity contribution in [1.82, 2.24) is 0 Å². The number of rotatable bonds is 7. The Bertz CT molecular complexity index is 180. The van der Waals surface area contributed by atoms with E-state index in [9.17, 15) is 0 Å². The first kappa shape index (κ1) is 19.5. The first-order valence-electron chi connectivity index (χ1n) is 6.61. The molecule has 0 saturated heterocycles. The molecule has 0 radical (unpaired) electrons. The molecule has 0 bridgehead atoms. The van der Waals surface area contributed by atoms with Crippen molar-refractivity contribution in [3.8, 4) is 0 Å². The highest BCUT2D eigenvalue weighted by molar-refractivity contribution is 5.85. The average molecular weight is 266 g/mol. The van der Waals surface area contributed by atoms with Gasteiger partial charge in [0.2, 0.25) is 0 Å². The summed E-state index contributed by atoms with van der Waals surface area (Å²) in [6.07, 6.45) is 4.73. The maximum Gasteiger partial charge on any atom is 0.0582 e. The van der Waals surface area contributed by atoms with Gasteiger partial charge in [0, 0.05) is 6.04 Å². The Labute approximate surface area is 114 Å². The van der Waals surface area contributed by atoms with E-state index in [0.29, 0.717) is 11.3 Å². The molecule has 0 aliphatic rings. The summed E-state index contributed by atoms with van der Waals surface area (Å²) in [6, 6.07) is -0.0343. The van der Waals surface area contributed by atoms with Crippen molar-refractivity contribution in [2.45, 2.75) is 66.3 Å².